The summed E-state index contributed by atoms with van der Waals surface area (Å²) in [6.07, 6.45) is 0. The van der Waals surface area contributed by atoms with Crippen LogP contribution in [0, 0.1) is 0 Å². The number of nitrogens with two attached hydrogens (primary N) is 1. The molecular formula is C14H20F2N4O4S. The zero-order valence-corrected chi connectivity index (χ0v) is 14.6. The molecule has 0 fully saturated rings. The predicted molar refractivity (Wildman–Crippen MR) is 87.6 cm³/mol. The number of hydrogen-bond acceptors (Lipinski definition) is 5. The monoisotopic (exact) mass is 378 g/mol. The van der Waals surface area contributed by atoms with E-state index in [-0.39, 0.29) is 10.8 Å². The number of hydrogen-bond donors (Lipinski definition) is 3. The number of rotatable bonds is 8. The second-order valence-corrected chi connectivity index (χ2v) is 7.35. The number of sulfonamides is 1. The molecule has 0 heterocycles. The quantitative estimate of drug-likeness (QED) is 0.587. The molecule has 11 heteroatoms. The van der Waals surface area contributed by atoms with Crippen LogP contribution >= 0.6 is 0 Å². The van der Waals surface area contributed by atoms with Crippen molar-refractivity contribution in [3.63, 3.8) is 0 Å². The molecule has 0 bridgehead atoms. The Morgan fingerprint density at radius 3 is 2.28 bits per heavy atom. The number of anilines is 1. The lowest BCUT2D eigenvalue weighted by Crippen LogP contribution is -2.45. The van der Waals surface area contributed by atoms with Crippen molar-refractivity contribution in [3.8, 4) is 0 Å². The van der Waals surface area contributed by atoms with Gasteiger partial charge in [0.1, 0.15) is 0 Å². The van der Waals surface area contributed by atoms with Crippen LogP contribution in [0.25, 0.3) is 0 Å². The van der Waals surface area contributed by atoms with Crippen molar-refractivity contribution in [2.45, 2.75) is 17.7 Å². The van der Waals surface area contributed by atoms with Gasteiger partial charge in [0.25, 0.3) is 5.92 Å². The van der Waals surface area contributed by atoms with E-state index in [9.17, 15) is 26.8 Å². The SMILES string of the molecule is CC(=O)Nc1ccc(S(=O)(=O)N(C)CC(=O)NCC(F)(F)CN)cc1. The van der Waals surface area contributed by atoms with E-state index in [4.69, 9.17) is 5.73 Å². The van der Waals surface area contributed by atoms with Crippen LogP contribution in [0.4, 0.5) is 14.5 Å². The Labute approximate surface area is 144 Å². The molecule has 0 radical (unpaired) electrons. The van der Waals surface area contributed by atoms with Crippen LogP contribution in [0.2, 0.25) is 0 Å². The van der Waals surface area contributed by atoms with Gasteiger partial charge in [0, 0.05) is 19.7 Å². The fourth-order valence-corrected chi connectivity index (χ4v) is 2.86. The zero-order chi connectivity index (χ0) is 19.3. The van der Waals surface area contributed by atoms with Crippen molar-refractivity contribution in [2.24, 2.45) is 5.73 Å². The smallest absolute Gasteiger partial charge is 0.277 e. The Morgan fingerprint density at radius 2 is 1.80 bits per heavy atom. The molecule has 0 aromatic heterocycles. The number of nitrogens with zero attached hydrogens (tertiary/aromatic N) is 1. The van der Waals surface area contributed by atoms with Crippen LogP contribution in [0.3, 0.4) is 0 Å². The van der Waals surface area contributed by atoms with E-state index in [2.05, 4.69) is 5.32 Å². The van der Waals surface area contributed by atoms with Gasteiger partial charge in [0.15, 0.2) is 0 Å². The number of benzene rings is 1. The minimum absolute atomic E-state index is 0.107. The van der Waals surface area contributed by atoms with Gasteiger partial charge in [-0.05, 0) is 24.3 Å². The Hall–Kier alpha value is -2.11. The molecule has 2 amide bonds. The normalized spacial score (nSPS) is 12.1. The lowest BCUT2D eigenvalue weighted by molar-refractivity contribution is -0.123. The van der Waals surface area contributed by atoms with Crippen molar-refractivity contribution < 1.29 is 26.8 Å². The summed E-state index contributed by atoms with van der Waals surface area (Å²) in [6.45, 7) is -1.22. The highest BCUT2D eigenvalue weighted by Gasteiger charge is 2.28. The Kier molecular flexibility index (Phi) is 6.96. The first-order valence-corrected chi connectivity index (χ1v) is 8.60. The van der Waals surface area contributed by atoms with E-state index in [1.165, 1.54) is 31.2 Å². The van der Waals surface area contributed by atoms with Gasteiger partial charge in [-0.15, -0.1) is 0 Å². The summed E-state index contributed by atoms with van der Waals surface area (Å²) >= 11 is 0. The lowest BCUT2D eigenvalue weighted by atomic mass is 10.3. The minimum atomic E-state index is -3.99. The molecule has 0 unspecified atom stereocenters. The number of carbonyl (C=O) groups is 2. The first-order valence-electron chi connectivity index (χ1n) is 7.16. The molecule has 1 rings (SSSR count). The van der Waals surface area contributed by atoms with Gasteiger partial charge in [0.05, 0.1) is 24.5 Å². The van der Waals surface area contributed by atoms with Gasteiger partial charge in [-0.25, -0.2) is 17.2 Å². The average molecular weight is 378 g/mol. The maximum absolute atomic E-state index is 13.0. The fraction of sp³-hybridized carbons (Fsp3) is 0.429. The summed E-state index contributed by atoms with van der Waals surface area (Å²) in [5, 5.41) is 4.43. The molecule has 0 saturated heterocycles. The second kappa shape index (κ2) is 8.32. The van der Waals surface area contributed by atoms with Crippen LogP contribution in [-0.2, 0) is 19.6 Å². The molecule has 0 saturated carbocycles. The number of amides is 2. The molecule has 25 heavy (non-hydrogen) atoms. The maximum Gasteiger partial charge on any atom is 0.277 e. The third kappa shape index (κ3) is 6.36. The zero-order valence-electron chi connectivity index (χ0n) is 13.8. The average Bonchev–Trinajstić information content (AvgIpc) is 2.53. The van der Waals surface area contributed by atoms with Gasteiger partial charge < -0.3 is 16.4 Å². The highest BCUT2D eigenvalue weighted by atomic mass is 32.2. The van der Waals surface area contributed by atoms with E-state index in [1.807, 2.05) is 5.32 Å². The molecule has 1 aromatic rings. The highest BCUT2D eigenvalue weighted by Crippen LogP contribution is 2.17. The van der Waals surface area contributed by atoms with E-state index >= 15 is 0 Å². The Morgan fingerprint density at radius 1 is 1.24 bits per heavy atom. The molecule has 4 N–H and O–H groups in total. The Balaban J connectivity index is 2.74. The summed E-state index contributed by atoms with van der Waals surface area (Å²) < 4.78 is 51.4. The number of nitrogens with one attached hydrogen (secondary N) is 2. The second-order valence-electron chi connectivity index (χ2n) is 5.30. The van der Waals surface area contributed by atoms with E-state index in [0.717, 1.165) is 11.4 Å². The summed E-state index contributed by atoms with van der Waals surface area (Å²) in [7, 11) is -2.84. The van der Waals surface area contributed by atoms with Crippen LogP contribution in [0.5, 0.6) is 0 Å². The van der Waals surface area contributed by atoms with Crippen molar-refractivity contribution in [1.82, 2.24) is 9.62 Å². The van der Waals surface area contributed by atoms with Crippen LogP contribution in [0.15, 0.2) is 29.2 Å². The summed E-state index contributed by atoms with van der Waals surface area (Å²) in [5.74, 6) is -4.44. The molecule has 0 aliphatic heterocycles. The summed E-state index contributed by atoms with van der Waals surface area (Å²) in [5.41, 5.74) is 5.26. The topological polar surface area (TPSA) is 122 Å². The first kappa shape index (κ1) is 20.9. The van der Waals surface area contributed by atoms with Crippen LogP contribution < -0.4 is 16.4 Å². The van der Waals surface area contributed by atoms with E-state index < -0.39 is 41.5 Å². The van der Waals surface area contributed by atoms with Gasteiger partial charge in [-0.1, -0.05) is 0 Å². The third-order valence-corrected chi connectivity index (χ3v) is 4.91. The van der Waals surface area contributed by atoms with E-state index in [1.54, 1.807) is 0 Å². The van der Waals surface area contributed by atoms with Crippen LogP contribution in [0.1, 0.15) is 6.92 Å². The number of carbonyl (C=O) groups excluding carboxylic acids is 2. The summed E-state index contributed by atoms with van der Waals surface area (Å²) in [4.78, 5) is 22.5. The minimum Gasteiger partial charge on any atom is -0.349 e. The molecule has 1 aromatic carbocycles. The number of alkyl halides is 2. The van der Waals surface area contributed by atoms with Crippen molar-refractivity contribution in [3.05, 3.63) is 24.3 Å². The van der Waals surface area contributed by atoms with Crippen molar-refractivity contribution in [1.29, 1.82) is 0 Å². The van der Waals surface area contributed by atoms with Gasteiger partial charge in [-0.3, -0.25) is 9.59 Å². The van der Waals surface area contributed by atoms with Gasteiger partial charge >= 0.3 is 0 Å². The van der Waals surface area contributed by atoms with Crippen LogP contribution in [-0.4, -0.2) is 57.1 Å². The van der Waals surface area contributed by atoms with Crippen molar-refractivity contribution in [2.75, 3.05) is 32.0 Å². The largest absolute Gasteiger partial charge is 0.349 e. The molecule has 0 atom stereocenters. The number of halogens is 2. The van der Waals surface area contributed by atoms with Gasteiger partial charge in [0.2, 0.25) is 21.8 Å². The Bertz CT molecular complexity index is 723. The molecule has 140 valence electrons. The first-order chi connectivity index (χ1) is 11.5. The third-order valence-electron chi connectivity index (χ3n) is 3.09. The summed E-state index contributed by atoms with van der Waals surface area (Å²) in [6, 6.07) is 5.31. The standard InChI is InChI=1S/C14H20F2N4O4S/c1-10(21)19-11-3-5-12(6-4-11)25(23,24)20(2)7-13(22)18-9-14(15,16)8-17/h3-6H,7-9,17H2,1-2H3,(H,18,22)(H,19,21). The molecule has 8 nitrogen and oxygen atoms in total. The predicted octanol–water partition coefficient (Wildman–Crippen LogP) is -0.0243. The number of likely N-dealkylation sites (N-methyl/N-ethyl adjacent to an activating group) is 1. The molecule has 0 aliphatic carbocycles. The van der Waals surface area contributed by atoms with Crippen molar-refractivity contribution >= 4 is 27.5 Å². The molecular weight excluding hydrogens is 358 g/mol. The fourth-order valence-electron chi connectivity index (χ4n) is 1.74. The lowest BCUT2D eigenvalue weighted by Gasteiger charge is -2.19. The highest BCUT2D eigenvalue weighted by molar-refractivity contribution is 7.89. The maximum atomic E-state index is 13.0. The molecule has 0 spiro atoms. The van der Waals surface area contributed by atoms with Gasteiger partial charge in [-0.2, -0.15) is 4.31 Å². The molecule has 0 aliphatic rings. The van der Waals surface area contributed by atoms with E-state index in [0.29, 0.717) is 5.69 Å².